The van der Waals surface area contributed by atoms with Gasteiger partial charge in [0.1, 0.15) is 5.75 Å². The summed E-state index contributed by atoms with van der Waals surface area (Å²) >= 11 is 0. The van der Waals surface area contributed by atoms with Crippen LogP contribution in [0.2, 0.25) is 0 Å². The van der Waals surface area contributed by atoms with Gasteiger partial charge in [-0.05, 0) is 62.7 Å². The highest BCUT2D eigenvalue weighted by atomic mass is 16.6. The van der Waals surface area contributed by atoms with Crippen LogP contribution in [0.1, 0.15) is 36.0 Å². The van der Waals surface area contributed by atoms with Gasteiger partial charge < -0.3 is 9.47 Å². The van der Waals surface area contributed by atoms with Crippen LogP contribution >= 0.6 is 0 Å². The van der Waals surface area contributed by atoms with Gasteiger partial charge in [-0.1, -0.05) is 29.8 Å². The van der Waals surface area contributed by atoms with Gasteiger partial charge in [0.2, 0.25) is 5.90 Å². The van der Waals surface area contributed by atoms with Gasteiger partial charge in [0.05, 0.1) is 0 Å². The Kier molecular flexibility index (Phi) is 5.61. The molecule has 0 N–H and O–H groups in total. The molecule has 31 heavy (non-hydrogen) atoms. The predicted octanol–water partition coefficient (Wildman–Crippen LogP) is 3.14. The Labute approximate surface area is 182 Å². The van der Waals surface area contributed by atoms with Gasteiger partial charge in [0, 0.05) is 25.1 Å². The molecule has 0 spiro atoms. The Morgan fingerprint density at radius 1 is 1.06 bits per heavy atom. The molecule has 2 unspecified atom stereocenters. The minimum absolute atomic E-state index is 0.170. The predicted molar refractivity (Wildman–Crippen MR) is 117 cm³/mol. The van der Waals surface area contributed by atoms with E-state index in [9.17, 15) is 4.79 Å². The van der Waals surface area contributed by atoms with Gasteiger partial charge in [-0.2, -0.15) is 10.1 Å². The van der Waals surface area contributed by atoms with E-state index in [1.807, 2.05) is 48.3 Å². The summed E-state index contributed by atoms with van der Waals surface area (Å²) in [6, 6.07) is 16.2. The van der Waals surface area contributed by atoms with Crippen molar-refractivity contribution in [2.24, 2.45) is 5.10 Å². The average Bonchev–Trinajstić information content (AvgIpc) is 3.43. The number of likely N-dealkylation sites (tertiary alicyclic amines) is 1. The van der Waals surface area contributed by atoms with E-state index in [4.69, 9.17) is 9.47 Å². The Bertz CT molecular complexity index is 938. The minimum atomic E-state index is -0.773. The van der Waals surface area contributed by atoms with E-state index >= 15 is 0 Å². The van der Waals surface area contributed by atoms with Gasteiger partial charge in [-0.25, -0.2) is 0 Å². The topological polar surface area (TPSA) is 57.6 Å². The summed E-state index contributed by atoms with van der Waals surface area (Å²) in [5.74, 6) is 1.28. The number of benzene rings is 2. The number of rotatable bonds is 7. The zero-order valence-electron chi connectivity index (χ0n) is 17.8. The van der Waals surface area contributed by atoms with Crippen molar-refractivity contribution in [1.29, 1.82) is 0 Å². The fourth-order valence-electron chi connectivity index (χ4n) is 4.18. The number of nitrogens with zero attached hydrogens (tertiary/aromatic N) is 4. The Morgan fingerprint density at radius 2 is 1.81 bits per heavy atom. The number of ether oxygens (including phenoxy) is 2. The summed E-state index contributed by atoms with van der Waals surface area (Å²) in [7, 11) is 0. The summed E-state index contributed by atoms with van der Waals surface area (Å²) < 4.78 is 12.0. The summed E-state index contributed by atoms with van der Waals surface area (Å²) in [5, 5.41) is 8.11. The molecule has 5 rings (SSSR count). The molecule has 3 aliphatic heterocycles. The normalized spacial score (nSPS) is 23.9. The van der Waals surface area contributed by atoms with E-state index in [1.165, 1.54) is 31.5 Å². The lowest BCUT2D eigenvalue weighted by Crippen LogP contribution is -2.60. The van der Waals surface area contributed by atoms with Crippen LogP contribution in [0.3, 0.4) is 0 Å². The molecule has 0 aliphatic carbocycles. The quantitative estimate of drug-likeness (QED) is 0.642. The molecule has 162 valence electrons. The Hall–Kier alpha value is -2.90. The highest BCUT2D eigenvalue weighted by Crippen LogP contribution is 2.29. The molecule has 0 radical (unpaired) electrons. The van der Waals surface area contributed by atoms with Crippen molar-refractivity contribution < 1.29 is 14.3 Å². The van der Waals surface area contributed by atoms with Crippen LogP contribution in [0.4, 0.5) is 0 Å². The second-order valence-corrected chi connectivity index (χ2v) is 8.39. The van der Waals surface area contributed by atoms with E-state index in [1.54, 1.807) is 5.12 Å². The van der Waals surface area contributed by atoms with Crippen LogP contribution < -0.4 is 4.74 Å². The van der Waals surface area contributed by atoms with E-state index in [0.29, 0.717) is 5.90 Å². The molecule has 7 heteroatoms. The third kappa shape index (κ3) is 4.29. The number of hydrazone groups is 1. The third-order valence-electron chi connectivity index (χ3n) is 6.07. The SMILES string of the molecule is Cc1ccc(C2=NN(N3CCC3Oc3ccc(CN4CCCC4)cc3)C(C=O)O2)cc1. The van der Waals surface area contributed by atoms with Gasteiger partial charge in [0.25, 0.3) is 6.23 Å². The maximum absolute atomic E-state index is 11.6. The zero-order valence-corrected chi connectivity index (χ0v) is 17.8. The summed E-state index contributed by atoms with van der Waals surface area (Å²) in [4.78, 5) is 14.1. The Balaban J connectivity index is 1.23. The molecule has 2 atom stereocenters. The highest BCUT2D eigenvalue weighted by Gasteiger charge is 2.42. The summed E-state index contributed by atoms with van der Waals surface area (Å²) in [6.45, 7) is 6.17. The Morgan fingerprint density at radius 3 is 2.45 bits per heavy atom. The summed E-state index contributed by atoms with van der Waals surface area (Å²) in [5.41, 5.74) is 3.32. The molecule has 3 aliphatic rings. The van der Waals surface area contributed by atoms with Crippen LogP contribution in [-0.2, 0) is 16.1 Å². The molecule has 7 nitrogen and oxygen atoms in total. The van der Waals surface area contributed by atoms with E-state index in [-0.39, 0.29) is 6.23 Å². The van der Waals surface area contributed by atoms with Crippen LogP contribution in [0.25, 0.3) is 0 Å². The van der Waals surface area contributed by atoms with Crippen LogP contribution in [0.5, 0.6) is 5.75 Å². The number of carbonyl (C=O) groups excluding carboxylic acids is 1. The van der Waals surface area contributed by atoms with Gasteiger partial charge in [-0.15, -0.1) is 5.10 Å². The number of hydrogen-bond acceptors (Lipinski definition) is 7. The van der Waals surface area contributed by atoms with Gasteiger partial charge in [-0.3, -0.25) is 9.69 Å². The molecule has 0 saturated carbocycles. The lowest BCUT2D eigenvalue weighted by atomic mass is 10.1. The number of carbonyl (C=O) groups is 1. The number of hydrogen-bond donors (Lipinski definition) is 0. The van der Waals surface area contributed by atoms with Crippen molar-refractivity contribution in [1.82, 2.24) is 15.0 Å². The maximum Gasteiger partial charge on any atom is 0.260 e. The second-order valence-electron chi connectivity index (χ2n) is 8.39. The molecule has 0 amide bonds. The largest absolute Gasteiger partial charge is 0.473 e. The van der Waals surface area contributed by atoms with Gasteiger partial charge in [0.15, 0.2) is 12.5 Å². The molecular formula is C24H28N4O3. The molecular weight excluding hydrogens is 392 g/mol. The van der Waals surface area contributed by atoms with E-state index in [0.717, 1.165) is 42.7 Å². The molecule has 3 heterocycles. The molecule has 0 bridgehead atoms. The van der Waals surface area contributed by atoms with Crippen LogP contribution in [-0.4, -0.2) is 59.3 Å². The van der Waals surface area contributed by atoms with Crippen molar-refractivity contribution in [3.05, 3.63) is 65.2 Å². The fraction of sp³-hybridized carbons (Fsp3) is 0.417. The molecule has 2 aromatic rings. The highest BCUT2D eigenvalue weighted by molar-refractivity contribution is 5.95. The first-order valence-electron chi connectivity index (χ1n) is 11.0. The maximum atomic E-state index is 11.6. The van der Waals surface area contributed by atoms with Gasteiger partial charge >= 0.3 is 0 Å². The first-order valence-corrected chi connectivity index (χ1v) is 11.0. The third-order valence-corrected chi connectivity index (χ3v) is 6.07. The monoisotopic (exact) mass is 420 g/mol. The second kappa shape index (κ2) is 8.69. The fourth-order valence-corrected chi connectivity index (χ4v) is 4.18. The van der Waals surface area contributed by atoms with Crippen molar-refractivity contribution >= 4 is 12.2 Å². The molecule has 0 aromatic heterocycles. The smallest absolute Gasteiger partial charge is 0.260 e. The van der Waals surface area contributed by atoms with Crippen molar-refractivity contribution in [2.45, 2.75) is 45.2 Å². The van der Waals surface area contributed by atoms with Crippen molar-refractivity contribution in [3.63, 3.8) is 0 Å². The van der Waals surface area contributed by atoms with Crippen LogP contribution in [0, 0.1) is 6.92 Å². The first kappa shape index (κ1) is 20.0. The van der Waals surface area contributed by atoms with Crippen molar-refractivity contribution in [2.75, 3.05) is 19.6 Å². The van der Waals surface area contributed by atoms with Crippen molar-refractivity contribution in [3.8, 4) is 5.75 Å². The van der Waals surface area contributed by atoms with E-state index < -0.39 is 6.23 Å². The standard InChI is InChI=1S/C24H28N4O3/c1-18-4-8-20(9-5-18)24-25-28(23(17-29)31-24)27-15-12-22(27)30-21-10-6-19(7-11-21)16-26-13-2-3-14-26/h4-11,17,22-23H,2-3,12-16H2,1H3. The first-order chi connectivity index (χ1) is 15.2. The lowest BCUT2D eigenvalue weighted by molar-refractivity contribution is -0.218. The number of hydrazine groups is 1. The molecule has 2 fully saturated rings. The summed E-state index contributed by atoms with van der Waals surface area (Å²) in [6.07, 6.45) is 3.30. The lowest BCUT2D eigenvalue weighted by Gasteiger charge is -2.44. The molecule has 2 aromatic carbocycles. The number of aryl methyl sites for hydroxylation is 1. The van der Waals surface area contributed by atoms with E-state index in [2.05, 4.69) is 22.1 Å². The molecule has 2 saturated heterocycles. The average molecular weight is 421 g/mol. The number of aldehydes is 1. The minimum Gasteiger partial charge on any atom is -0.473 e. The van der Waals surface area contributed by atoms with Crippen LogP contribution in [0.15, 0.2) is 53.6 Å². The zero-order chi connectivity index (χ0) is 21.2.